The molecule has 18 heavy (non-hydrogen) atoms. The molecule has 1 heterocycles. The number of hydrogen-bond donors (Lipinski definition) is 1. The van der Waals surface area contributed by atoms with Crippen molar-refractivity contribution in [2.45, 2.75) is 40.2 Å². The van der Waals surface area contributed by atoms with E-state index in [1.165, 1.54) is 5.56 Å². The van der Waals surface area contributed by atoms with Crippen LogP contribution in [0.15, 0.2) is 24.3 Å². The first-order valence-electron chi connectivity index (χ1n) is 6.41. The lowest BCUT2D eigenvalue weighted by Gasteiger charge is -2.06. The van der Waals surface area contributed by atoms with Crippen molar-refractivity contribution in [1.29, 1.82) is 0 Å². The van der Waals surface area contributed by atoms with Crippen molar-refractivity contribution >= 4 is 0 Å². The minimum atomic E-state index is 0.251. The molecule has 0 saturated heterocycles. The molecule has 96 valence electrons. The second kappa shape index (κ2) is 4.84. The molecule has 0 atom stereocenters. The number of hydrogen-bond acceptors (Lipinski definition) is 2. The van der Waals surface area contributed by atoms with Crippen molar-refractivity contribution in [3.8, 4) is 17.1 Å². The number of benzene rings is 1. The third-order valence-corrected chi connectivity index (χ3v) is 3.16. The van der Waals surface area contributed by atoms with E-state index in [0.29, 0.717) is 12.4 Å². The predicted octanol–water partition coefficient (Wildman–Crippen LogP) is 3.71. The lowest BCUT2D eigenvalue weighted by atomic mass is 9.98. The summed E-state index contributed by atoms with van der Waals surface area (Å²) in [4.78, 5) is 0. The Morgan fingerprint density at radius 3 is 2.33 bits per heavy atom. The third-order valence-electron chi connectivity index (χ3n) is 3.16. The van der Waals surface area contributed by atoms with Gasteiger partial charge in [0.15, 0.2) is 0 Å². The Bertz CT molecular complexity index is 538. The van der Waals surface area contributed by atoms with Gasteiger partial charge in [-0.05, 0) is 19.8 Å². The number of nitrogens with zero attached hydrogens (tertiary/aromatic N) is 2. The zero-order valence-electron chi connectivity index (χ0n) is 11.4. The molecule has 2 aromatic rings. The third kappa shape index (κ3) is 2.13. The zero-order chi connectivity index (χ0) is 13.3. The molecule has 3 heteroatoms. The van der Waals surface area contributed by atoms with Gasteiger partial charge in [-0.25, -0.2) is 4.68 Å². The number of aromatic hydroxyl groups is 1. The molecule has 0 bridgehead atoms. The first-order chi connectivity index (χ1) is 8.54. The van der Waals surface area contributed by atoms with E-state index in [4.69, 9.17) is 0 Å². The molecule has 0 unspecified atom stereocenters. The summed E-state index contributed by atoms with van der Waals surface area (Å²) in [5, 5.41) is 14.7. The van der Waals surface area contributed by atoms with Gasteiger partial charge in [0.05, 0.1) is 5.69 Å². The Hall–Kier alpha value is -1.77. The van der Waals surface area contributed by atoms with Crippen molar-refractivity contribution in [3.05, 3.63) is 35.4 Å². The summed E-state index contributed by atoms with van der Waals surface area (Å²) >= 11 is 0. The molecule has 0 amide bonds. The highest BCUT2D eigenvalue weighted by molar-refractivity contribution is 5.66. The van der Waals surface area contributed by atoms with Gasteiger partial charge in [-0.1, -0.05) is 43.7 Å². The van der Waals surface area contributed by atoms with E-state index in [1.807, 2.05) is 6.92 Å². The van der Waals surface area contributed by atoms with Crippen molar-refractivity contribution in [1.82, 2.24) is 9.78 Å². The zero-order valence-corrected chi connectivity index (χ0v) is 11.4. The Balaban J connectivity index is 2.59. The molecular formula is C15H20N2O. The van der Waals surface area contributed by atoms with E-state index >= 15 is 0 Å². The molecule has 1 N–H and O–H groups in total. The van der Waals surface area contributed by atoms with Crippen LogP contribution in [0.3, 0.4) is 0 Å². The second-order valence-electron chi connectivity index (χ2n) is 4.92. The van der Waals surface area contributed by atoms with Crippen LogP contribution in [0.2, 0.25) is 0 Å². The standard InChI is InChI=1S/C15H20N2O/c1-5-17-15(18)13(10(2)3)14(16-17)12-8-6-11(4)7-9-12/h6-10,18H,5H2,1-4H3. The Labute approximate surface area is 108 Å². The van der Waals surface area contributed by atoms with Crippen LogP contribution >= 0.6 is 0 Å². The van der Waals surface area contributed by atoms with Crippen LogP contribution in [0.4, 0.5) is 0 Å². The van der Waals surface area contributed by atoms with Gasteiger partial charge in [0.25, 0.3) is 0 Å². The summed E-state index contributed by atoms with van der Waals surface area (Å²) in [6.45, 7) is 8.88. The molecule has 3 nitrogen and oxygen atoms in total. The molecule has 1 aromatic heterocycles. The van der Waals surface area contributed by atoms with Crippen molar-refractivity contribution in [3.63, 3.8) is 0 Å². The maximum atomic E-state index is 10.2. The summed E-state index contributed by atoms with van der Waals surface area (Å²) in [5.74, 6) is 0.546. The summed E-state index contributed by atoms with van der Waals surface area (Å²) in [6, 6.07) is 8.26. The number of aromatic nitrogens is 2. The monoisotopic (exact) mass is 244 g/mol. The highest BCUT2D eigenvalue weighted by Gasteiger charge is 2.20. The second-order valence-corrected chi connectivity index (χ2v) is 4.92. The first-order valence-corrected chi connectivity index (χ1v) is 6.41. The van der Waals surface area contributed by atoms with Gasteiger partial charge in [0, 0.05) is 17.7 Å². The van der Waals surface area contributed by atoms with Crippen LogP contribution in [0.25, 0.3) is 11.3 Å². The van der Waals surface area contributed by atoms with Gasteiger partial charge in [-0.2, -0.15) is 5.10 Å². The van der Waals surface area contributed by atoms with Gasteiger partial charge in [-0.3, -0.25) is 0 Å². The maximum absolute atomic E-state index is 10.2. The van der Waals surface area contributed by atoms with Gasteiger partial charge >= 0.3 is 0 Å². The highest BCUT2D eigenvalue weighted by Crippen LogP contribution is 2.35. The molecule has 0 spiro atoms. The van der Waals surface area contributed by atoms with Crippen molar-refractivity contribution in [2.24, 2.45) is 0 Å². The van der Waals surface area contributed by atoms with Gasteiger partial charge < -0.3 is 5.11 Å². The SMILES string of the molecule is CCn1nc(-c2ccc(C)cc2)c(C(C)C)c1O. The average Bonchev–Trinajstić information content (AvgIpc) is 2.67. The molecule has 0 aliphatic heterocycles. The number of rotatable bonds is 3. The number of aryl methyl sites for hydroxylation is 2. The molecule has 0 aliphatic rings. The molecular weight excluding hydrogens is 224 g/mol. The van der Waals surface area contributed by atoms with Crippen LogP contribution in [0.5, 0.6) is 5.88 Å². The fourth-order valence-electron chi connectivity index (χ4n) is 2.14. The molecule has 0 saturated carbocycles. The Kier molecular flexibility index (Phi) is 3.41. The van der Waals surface area contributed by atoms with E-state index in [2.05, 4.69) is 50.1 Å². The lowest BCUT2D eigenvalue weighted by molar-refractivity contribution is 0.398. The first kappa shape index (κ1) is 12.7. The van der Waals surface area contributed by atoms with Crippen LogP contribution in [-0.2, 0) is 6.54 Å². The maximum Gasteiger partial charge on any atom is 0.213 e. The van der Waals surface area contributed by atoms with E-state index in [-0.39, 0.29) is 5.92 Å². The highest BCUT2D eigenvalue weighted by atomic mass is 16.3. The Morgan fingerprint density at radius 2 is 1.83 bits per heavy atom. The van der Waals surface area contributed by atoms with Crippen LogP contribution in [0.1, 0.15) is 37.8 Å². The molecule has 0 radical (unpaired) electrons. The fourth-order valence-corrected chi connectivity index (χ4v) is 2.14. The summed E-state index contributed by atoms with van der Waals surface area (Å²) in [6.07, 6.45) is 0. The Morgan fingerprint density at radius 1 is 1.22 bits per heavy atom. The minimum absolute atomic E-state index is 0.251. The quantitative estimate of drug-likeness (QED) is 0.893. The van der Waals surface area contributed by atoms with E-state index < -0.39 is 0 Å². The largest absolute Gasteiger partial charge is 0.493 e. The smallest absolute Gasteiger partial charge is 0.213 e. The molecule has 1 aromatic carbocycles. The van der Waals surface area contributed by atoms with Crippen LogP contribution in [0, 0.1) is 6.92 Å². The normalized spacial score (nSPS) is 11.2. The van der Waals surface area contributed by atoms with Gasteiger partial charge in [0.1, 0.15) is 0 Å². The van der Waals surface area contributed by atoms with E-state index in [0.717, 1.165) is 16.8 Å². The van der Waals surface area contributed by atoms with Crippen molar-refractivity contribution in [2.75, 3.05) is 0 Å². The lowest BCUT2D eigenvalue weighted by Crippen LogP contribution is -1.95. The average molecular weight is 244 g/mol. The van der Waals surface area contributed by atoms with Crippen LogP contribution < -0.4 is 0 Å². The fraction of sp³-hybridized carbons (Fsp3) is 0.400. The van der Waals surface area contributed by atoms with Crippen molar-refractivity contribution < 1.29 is 5.11 Å². The molecule has 2 rings (SSSR count). The van der Waals surface area contributed by atoms with Crippen LogP contribution in [-0.4, -0.2) is 14.9 Å². The summed E-state index contributed by atoms with van der Waals surface area (Å²) in [7, 11) is 0. The van der Waals surface area contributed by atoms with E-state index in [9.17, 15) is 5.11 Å². The van der Waals surface area contributed by atoms with Gasteiger partial charge in [0.2, 0.25) is 5.88 Å². The summed E-state index contributed by atoms with van der Waals surface area (Å²) in [5.41, 5.74) is 4.11. The minimum Gasteiger partial charge on any atom is -0.493 e. The van der Waals surface area contributed by atoms with E-state index in [1.54, 1.807) is 4.68 Å². The summed E-state index contributed by atoms with van der Waals surface area (Å²) < 4.78 is 1.66. The molecule has 0 fully saturated rings. The van der Waals surface area contributed by atoms with Gasteiger partial charge in [-0.15, -0.1) is 0 Å². The topological polar surface area (TPSA) is 38.0 Å². The molecule has 0 aliphatic carbocycles. The predicted molar refractivity (Wildman–Crippen MR) is 73.8 cm³/mol.